The molecule has 0 amide bonds. The van der Waals surface area contributed by atoms with Crippen LogP contribution in [0.3, 0.4) is 0 Å². The van der Waals surface area contributed by atoms with Gasteiger partial charge in [0.25, 0.3) is 0 Å². The average Bonchev–Trinajstić information content (AvgIpc) is 2.50. The number of hydrogen-bond donors (Lipinski definition) is 3. The Bertz CT molecular complexity index is 597. The van der Waals surface area contributed by atoms with Crippen LogP contribution >= 0.6 is 0 Å². The Kier molecular flexibility index (Phi) is 3.67. The second-order valence-electron chi connectivity index (χ2n) is 5.42. The number of anilines is 1. The maximum absolute atomic E-state index is 6.06. The van der Waals surface area contributed by atoms with Crippen LogP contribution in [0.5, 0.6) is 0 Å². The molecule has 0 saturated heterocycles. The summed E-state index contributed by atoms with van der Waals surface area (Å²) < 4.78 is 0. The minimum absolute atomic E-state index is 0.0528. The predicted molar refractivity (Wildman–Crippen MR) is 80.7 cm³/mol. The minimum Gasteiger partial charge on any atom is -0.398 e. The van der Waals surface area contributed by atoms with E-state index >= 15 is 0 Å². The molecule has 4 heteroatoms. The Labute approximate surface area is 119 Å². The zero-order valence-corrected chi connectivity index (χ0v) is 11.4. The topological polar surface area (TPSA) is 77.0 Å². The Hall–Kier alpha value is -1.91. The van der Waals surface area contributed by atoms with Crippen LogP contribution < -0.4 is 17.0 Å². The lowest BCUT2D eigenvalue weighted by molar-refractivity contribution is 0.330. The van der Waals surface area contributed by atoms with E-state index in [-0.39, 0.29) is 6.04 Å². The molecule has 2 aromatic rings. The number of nitrogens with two attached hydrogens (primary N) is 2. The van der Waals surface area contributed by atoms with Gasteiger partial charge in [-0.05, 0) is 42.4 Å². The molecule has 1 aromatic heterocycles. The fourth-order valence-corrected chi connectivity index (χ4v) is 3.17. The summed E-state index contributed by atoms with van der Waals surface area (Å²) in [5, 5.41) is 0. The van der Waals surface area contributed by atoms with Crippen molar-refractivity contribution < 1.29 is 0 Å². The molecule has 4 nitrogen and oxygen atoms in total. The first-order valence-corrected chi connectivity index (χ1v) is 7.02. The number of aryl methyl sites for hydroxylation is 1. The molecular formula is C16H20N4. The first-order chi connectivity index (χ1) is 9.79. The number of hydrazine groups is 1. The highest BCUT2D eigenvalue weighted by molar-refractivity contribution is 5.46. The van der Waals surface area contributed by atoms with Crippen molar-refractivity contribution in [2.75, 3.05) is 5.73 Å². The molecule has 104 valence electrons. The van der Waals surface area contributed by atoms with E-state index in [2.05, 4.69) is 34.7 Å². The summed E-state index contributed by atoms with van der Waals surface area (Å²) in [7, 11) is 0. The third-order valence-electron chi connectivity index (χ3n) is 4.26. The lowest BCUT2D eigenvalue weighted by atomic mass is 9.78. The van der Waals surface area contributed by atoms with E-state index in [4.69, 9.17) is 11.6 Å². The maximum Gasteiger partial charge on any atom is 0.0527 e. The molecule has 1 aliphatic rings. The van der Waals surface area contributed by atoms with E-state index in [0.29, 0.717) is 5.92 Å². The van der Waals surface area contributed by atoms with Crippen LogP contribution in [-0.4, -0.2) is 4.98 Å². The molecule has 1 heterocycles. The third kappa shape index (κ3) is 2.40. The van der Waals surface area contributed by atoms with Gasteiger partial charge >= 0.3 is 0 Å². The number of fused-ring (bicyclic) bond motifs is 1. The first kappa shape index (κ1) is 13.1. The normalized spacial score (nSPS) is 19.4. The van der Waals surface area contributed by atoms with Crippen molar-refractivity contribution in [1.29, 1.82) is 0 Å². The van der Waals surface area contributed by atoms with Gasteiger partial charge < -0.3 is 5.73 Å². The van der Waals surface area contributed by atoms with Crippen molar-refractivity contribution in [2.24, 2.45) is 11.8 Å². The van der Waals surface area contributed by atoms with Crippen LogP contribution in [0, 0.1) is 5.92 Å². The molecule has 5 N–H and O–H groups in total. The smallest absolute Gasteiger partial charge is 0.0527 e. The molecule has 2 unspecified atom stereocenters. The molecule has 0 radical (unpaired) electrons. The fraction of sp³-hybridized carbons (Fsp3) is 0.312. The highest BCUT2D eigenvalue weighted by atomic mass is 15.2. The van der Waals surface area contributed by atoms with Gasteiger partial charge in [0.05, 0.1) is 6.04 Å². The molecule has 0 bridgehead atoms. The van der Waals surface area contributed by atoms with E-state index < -0.39 is 0 Å². The zero-order chi connectivity index (χ0) is 13.9. The van der Waals surface area contributed by atoms with Gasteiger partial charge in [0.15, 0.2) is 0 Å². The molecule has 1 aliphatic carbocycles. The largest absolute Gasteiger partial charge is 0.398 e. The Morgan fingerprint density at radius 3 is 2.75 bits per heavy atom. The van der Waals surface area contributed by atoms with E-state index in [1.165, 1.54) is 11.1 Å². The number of pyridine rings is 1. The second kappa shape index (κ2) is 5.61. The summed E-state index contributed by atoms with van der Waals surface area (Å²) >= 11 is 0. The van der Waals surface area contributed by atoms with Crippen molar-refractivity contribution in [3.63, 3.8) is 0 Å². The number of benzene rings is 1. The molecule has 0 spiro atoms. The fourth-order valence-electron chi connectivity index (χ4n) is 3.17. The molecule has 20 heavy (non-hydrogen) atoms. The van der Waals surface area contributed by atoms with E-state index in [0.717, 1.165) is 30.5 Å². The maximum atomic E-state index is 6.06. The van der Waals surface area contributed by atoms with Crippen molar-refractivity contribution in [1.82, 2.24) is 10.4 Å². The number of nitrogens with one attached hydrogen (secondary N) is 1. The summed E-state index contributed by atoms with van der Waals surface area (Å²) in [5.41, 5.74) is 13.6. The van der Waals surface area contributed by atoms with Crippen LogP contribution in [-0.2, 0) is 12.8 Å². The van der Waals surface area contributed by atoms with Gasteiger partial charge in [-0.2, -0.15) is 0 Å². The lowest BCUT2D eigenvalue weighted by Gasteiger charge is -2.31. The van der Waals surface area contributed by atoms with Crippen LogP contribution in [0.4, 0.5) is 5.69 Å². The van der Waals surface area contributed by atoms with Gasteiger partial charge in [0.2, 0.25) is 0 Å². The zero-order valence-electron chi connectivity index (χ0n) is 11.4. The molecule has 3 rings (SSSR count). The number of hydrogen-bond acceptors (Lipinski definition) is 4. The van der Waals surface area contributed by atoms with Gasteiger partial charge in [-0.15, -0.1) is 0 Å². The van der Waals surface area contributed by atoms with Crippen LogP contribution in [0.2, 0.25) is 0 Å². The third-order valence-corrected chi connectivity index (χ3v) is 4.26. The van der Waals surface area contributed by atoms with Gasteiger partial charge in [0, 0.05) is 23.6 Å². The van der Waals surface area contributed by atoms with E-state index in [1.807, 2.05) is 12.3 Å². The predicted octanol–water partition coefficient (Wildman–Crippen LogP) is 1.97. The van der Waals surface area contributed by atoms with Gasteiger partial charge in [-0.1, -0.05) is 24.3 Å². The summed E-state index contributed by atoms with van der Waals surface area (Å²) in [6, 6.07) is 10.5. The van der Waals surface area contributed by atoms with E-state index in [1.54, 1.807) is 6.20 Å². The summed E-state index contributed by atoms with van der Waals surface area (Å²) in [6.45, 7) is 0. The van der Waals surface area contributed by atoms with Crippen LogP contribution in [0.15, 0.2) is 42.7 Å². The molecular weight excluding hydrogens is 248 g/mol. The van der Waals surface area contributed by atoms with Gasteiger partial charge in [0.1, 0.15) is 0 Å². The minimum atomic E-state index is 0.0528. The molecule has 1 aromatic carbocycles. The summed E-state index contributed by atoms with van der Waals surface area (Å²) in [6.07, 6.45) is 6.77. The van der Waals surface area contributed by atoms with Crippen molar-refractivity contribution in [2.45, 2.75) is 25.3 Å². The number of nitrogen functional groups attached to an aromatic ring is 1. The second-order valence-corrected chi connectivity index (χ2v) is 5.42. The molecule has 2 atom stereocenters. The average molecular weight is 268 g/mol. The van der Waals surface area contributed by atoms with Crippen molar-refractivity contribution >= 4 is 5.69 Å². The van der Waals surface area contributed by atoms with Crippen molar-refractivity contribution in [3.05, 3.63) is 59.4 Å². The highest BCUT2D eigenvalue weighted by Crippen LogP contribution is 2.35. The Morgan fingerprint density at radius 1 is 1.20 bits per heavy atom. The summed E-state index contributed by atoms with van der Waals surface area (Å²) in [4.78, 5) is 4.18. The Morgan fingerprint density at radius 2 is 2.00 bits per heavy atom. The molecule has 0 aliphatic heterocycles. The lowest BCUT2D eigenvalue weighted by Crippen LogP contribution is -2.36. The van der Waals surface area contributed by atoms with Crippen LogP contribution in [0.25, 0.3) is 0 Å². The Balaban J connectivity index is 1.87. The molecule has 0 saturated carbocycles. The first-order valence-electron chi connectivity index (χ1n) is 7.02. The number of rotatable bonds is 3. The highest BCUT2D eigenvalue weighted by Gasteiger charge is 2.27. The molecule has 0 fully saturated rings. The van der Waals surface area contributed by atoms with Crippen molar-refractivity contribution in [3.8, 4) is 0 Å². The number of aromatic nitrogens is 1. The van der Waals surface area contributed by atoms with Crippen LogP contribution in [0.1, 0.15) is 29.2 Å². The quantitative estimate of drug-likeness (QED) is 0.587. The SMILES string of the molecule is NNC(c1cnccc1N)C1CCc2ccccc2C1. The standard InChI is InChI=1S/C16H20N4/c17-15-7-8-19-10-14(15)16(20-18)13-6-5-11-3-1-2-4-12(11)9-13/h1-4,7-8,10,13,16,20H,5-6,9,18H2,(H2,17,19). The van der Waals surface area contributed by atoms with Gasteiger partial charge in [-0.3, -0.25) is 16.3 Å². The number of nitrogens with zero attached hydrogens (tertiary/aromatic N) is 1. The monoisotopic (exact) mass is 268 g/mol. The van der Waals surface area contributed by atoms with E-state index in [9.17, 15) is 0 Å². The summed E-state index contributed by atoms with van der Waals surface area (Å²) in [5.74, 6) is 6.24. The van der Waals surface area contributed by atoms with Gasteiger partial charge in [-0.25, -0.2) is 0 Å².